The lowest BCUT2D eigenvalue weighted by Crippen LogP contribution is -2.06. The largest absolute Gasteiger partial charge is 0.497 e. The Morgan fingerprint density at radius 1 is 1.13 bits per heavy atom. The molecule has 5 heteroatoms. The van der Waals surface area contributed by atoms with Gasteiger partial charge in [0.25, 0.3) is 0 Å². The normalized spacial score (nSPS) is 12.6. The maximum absolute atomic E-state index is 11.5. The first-order valence-corrected chi connectivity index (χ1v) is 7.28. The molecule has 0 radical (unpaired) electrons. The van der Waals surface area contributed by atoms with Crippen LogP contribution in [0.15, 0.2) is 36.4 Å². The number of nitrogens with one attached hydrogen (secondary N) is 1. The molecule has 0 bridgehead atoms. The second-order valence-electron chi connectivity index (χ2n) is 5.41. The van der Waals surface area contributed by atoms with Gasteiger partial charge < -0.3 is 19.5 Å². The van der Waals surface area contributed by atoms with E-state index in [2.05, 4.69) is 5.32 Å². The predicted octanol–water partition coefficient (Wildman–Crippen LogP) is 3.69. The SMILES string of the molecule is COc1ccc2cc(NC(C)=O)c3ccc4c(c3c2c1)OCO4. The van der Waals surface area contributed by atoms with Gasteiger partial charge in [0.2, 0.25) is 12.7 Å². The first-order chi connectivity index (χ1) is 11.2. The van der Waals surface area contributed by atoms with Crippen molar-refractivity contribution < 1.29 is 19.0 Å². The van der Waals surface area contributed by atoms with E-state index in [0.717, 1.165) is 33.0 Å². The van der Waals surface area contributed by atoms with Crippen molar-refractivity contribution in [3.05, 3.63) is 36.4 Å². The highest BCUT2D eigenvalue weighted by Crippen LogP contribution is 2.45. The van der Waals surface area contributed by atoms with Gasteiger partial charge in [0, 0.05) is 23.4 Å². The topological polar surface area (TPSA) is 56.8 Å². The molecule has 0 saturated heterocycles. The van der Waals surface area contributed by atoms with Gasteiger partial charge in [-0.05, 0) is 41.1 Å². The zero-order chi connectivity index (χ0) is 16.0. The van der Waals surface area contributed by atoms with Crippen LogP contribution in [0.2, 0.25) is 0 Å². The lowest BCUT2D eigenvalue weighted by Gasteiger charge is -2.13. The van der Waals surface area contributed by atoms with Crippen LogP contribution in [0.4, 0.5) is 5.69 Å². The Morgan fingerprint density at radius 3 is 2.78 bits per heavy atom. The fraction of sp³-hybridized carbons (Fsp3) is 0.167. The summed E-state index contributed by atoms with van der Waals surface area (Å²) in [4.78, 5) is 11.5. The maximum atomic E-state index is 11.5. The molecule has 5 nitrogen and oxygen atoms in total. The molecule has 1 amide bonds. The second-order valence-corrected chi connectivity index (χ2v) is 5.41. The molecule has 3 aromatic rings. The molecule has 1 aliphatic rings. The van der Waals surface area contributed by atoms with Gasteiger partial charge in [0.05, 0.1) is 7.11 Å². The summed E-state index contributed by atoms with van der Waals surface area (Å²) in [6.07, 6.45) is 0. The van der Waals surface area contributed by atoms with Gasteiger partial charge >= 0.3 is 0 Å². The zero-order valence-electron chi connectivity index (χ0n) is 12.8. The number of fused-ring (bicyclic) bond motifs is 5. The van der Waals surface area contributed by atoms with E-state index in [1.807, 2.05) is 36.4 Å². The van der Waals surface area contributed by atoms with Gasteiger partial charge in [-0.1, -0.05) is 6.07 Å². The summed E-state index contributed by atoms with van der Waals surface area (Å²) in [5, 5.41) is 6.71. The molecule has 0 aromatic heterocycles. The molecule has 116 valence electrons. The monoisotopic (exact) mass is 309 g/mol. The summed E-state index contributed by atoms with van der Waals surface area (Å²) in [6.45, 7) is 1.70. The summed E-state index contributed by atoms with van der Waals surface area (Å²) in [6, 6.07) is 11.6. The van der Waals surface area contributed by atoms with E-state index in [4.69, 9.17) is 14.2 Å². The van der Waals surface area contributed by atoms with Crippen molar-refractivity contribution in [1.29, 1.82) is 0 Å². The third-order valence-electron chi connectivity index (χ3n) is 3.97. The van der Waals surface area contributed by atoms with Crippen molar-refractivity contribution in [1.82, 2.24) is 0 Å². The van der Waals surface area contributed by atoms with E-state index < -0.39 is 0 Å². The van der Waals surface area contributed by atoms with Gasteiger partial charge in [-0.15, -0.1) is 0 Å². The zero-order valence-corrected chi connectivity index (χ0v) is 12.8. The van der Waals surface area contributed by atoms with Crippen molar-refractivity contribution >= 4 is 33.1 Å². The van der Waals surface area contributed by atoms with E-state index in [9.17, 15) is 4.79 Å². The van der Waals surface area contributed by atoms with Gasteiger partial charge in [-0.2, -0.15) is 0 Å². The van der Waals surface area contributed by atoms with Crippen LogP contribution < -0.4 is 19.5 Å². The number of carbonyl (C=O) groups is 1. The Kier molecular flexibility index (Phi) is 3.01. The third kappa shape index (κ3) is 2.12. The first kappa shape index (κ1) is 13.7. The number of ether oxygens (including phenoxy) is 3. The Labute approximate surface area is 132 Å². The Balaban J connectivity index is 2.14. The average Bonchev–Trinajstić information content (AvgIpc) is 3.02. The minimum Gasteiger partial charge on any atom is -0.497 e. The van der Waals surface area contributed by atoms with Gasteiger partial charge in [-0.25, -0.2) is 0 Å². The number of hydrogen-bond donors (Lipinski definition) is 1. The summed E-state index contributed by atoms with van der Waals surface area (Å²) >= 11 is 0. The van der Waals surface area contributed by atoms with E-state index in [1.54, 1.807) is 7.11 Å². The summed E-state index contributed by atoms with van der Waals surface area (Å²) in [5.41, 5.74) is 0.753. The second kappa shape index (κ2) is 5.05. The summed E-state index contributed by atoms with van der Waals surface area (Å²) in [5.74, 6) is 2.06. The molecule has 4 rings (SSSR count). The molecule has 1 aliphatic heterocycles. The fourth-order valence-electron chi connectivity index (χ4n) is 3.00. The van der Waals surface area contributed by atoms with Crippen LogP contribution in [0.25, 0.3) is 21.5 Å². The van der Waals surface area contributed by atoms with Crippen LogP contribution in [0.3, 0.4) is 0 Å². The molecular formula is C18H15NO4. The third-order valence-corrected chi connectivity index (χ3v) is 3.97. The van der Waals surface area contributed by atoms with Crippen LogP contribution in [0.1, 0.15) is 6.92 Å². The van der Waals surface area contributed by atoms with E-state index in [0.29, 0.717) is 11.5 Å². The molecule has 1 heterocycles. The van der Waals surface area contributed by atoms with Gasteiger partial charge in [0.1, 0.15) is 5.75 Å². The Morgan fingerprint density at radius 2 is 2.00 bits per heavy atom. The Bertz CT molecular complexity index is 949. The number of amides is 1. The van der Waals surface area contributed by atoms with E-state index >= 15 is 0 Å². The molecule has 1 N–H and O–H groups in total. The van der Waals surface area contributed by atoms with Crippen LogP contribution >= 0.6 is 0 Å². The van der Waals surface area contributed by atoms with Crippen LogP contribution in [0.5, 0.6) is 17.2 Å². The quantitative estimate of drug-likeness (QED) is 0.734. The van der Waals surface area contributed by atoms with Gasteiger partial charge in [-0.3, -0.25) is 4.79 Å². The van der Waals surface area contributed by atoms with Crippen molar-refractivity contribution in [3.8, 4) is 17.2 Å². The molecule has 3 aromatic carbocycles. The standard InChI is InChI=1S/C18H15NO4/c1-10(20)19-15-7-11-3-4-12(21-2)8-14(11)17-13(15)5-6-16-18(17)23-9-22-16/h3-8H,9H2,1-2H3,(H,19,20). The minimum atomic E-state index is -0.114. The minimum absolute atomic E-state index is 0.114. The smallest absolute Gasteiger partial charge is 0.231 e. The highest BCUT2D eigenvalue weighted by molar-refractivity contribution is 6.18. The van der Waals surface area contributed by atoms with Crippen molar-refractivity contribution in [2.24, 2.45) is 0 Å². The lowest BCUT2D eigenvalue weighted by atomic mass is 9.98. The highest BCUT2D eigenvalue weighted by Gasteiger charge is 2.21. The number of hydrogen-bond acceptors (Lipinski definition) is 4. The highest BCUT2D eigenvalue weighted by atomic mass is 16.7. The Hall–Kier alpha value is -2.95. The van der Waals surface area contributed by atoms with E-state index in [-0.39, 0.29) is 12.7 Å². The number of rotatable bonds is 2. The molecule has 23 heavy (non-hydrogen) atoms. The van der Waals surface area contributed by atoms with Gasteiger partial charge in [0.15, 0.2) is 11.5 Å². The molecule has 0 aliphatic carbocycles. The average molecular weight is 309 g/mol. The van der Waals surface area contributed by atoms with Crippen LogP contribution in [-0.4, -0.2) is 19.8 Å². The first-order valence-electron chi connectivity index (χ1n) is 7.28. The molecule has 0 atom stereocenters. The number of anilines is 1. The summed E-state index contributed by atoms with van der Waals surface area (Å²) < 4.78 is 16.5. The van der Waals surface area contributed by atoms with Crippen LogP contribution in [0, 0.1) is 0 Å². The van der Waals surface area contributed by atoms with Crippen molar-refractivity contribution in [3.63, 3.8) is 0 Å². The van der Waals surface area contributed by atoms with Crippen molar-refractivity contribution in [2.45, 2.75) is 6.92 Å². The maximum Gasteiger partial charge on any atom is 0.231 e. The van der Waals surface area contributed by atoms with Crippen molar-refractivity contribution in [2.75, 3.05) is 19.2 Å². The molecule has 0 unspecified atom stereocenters. The summed E-state index contributed by atoms with van der Waals surface area (Å²) in [7, 11) is 1.64. The molecular weight excluding hydrogens is 294 g/mol. The van der Waals surface area contributed by atoms with Crippen LogP contribution in [-0.2, 0) is 4.79 Å². The number of methoxy groups -OCH3 is 1. The van der Waals surface area contributed by atoms with E-state index in [1.165, 1.54) is 6.92 Å². The molecule has 0 spiro atoms. The lowest BCUT2D eigenvalue weighted by molar-refractivity contribution is -0.114. The molecule has 0 fully saturated rings. The molecule has 0 saturated carbocycles. The number of carbonyl (C=O) groups excluding carboxylic acids is 1. The predicted molar refractivity (Wildman–Crippen MR) is 88.4 cm³/mol. The number of benzene rings is 3. The fourth-order valence-corrected chi connectivity index (χ4v) is 3.00.